The van der Waals surface area contributed by atoms with Crippen molar-refractivity contribution in [1.82, 2.24) is 4.98 Å². The molecule has 0 bridgehead atoms. The van der Waals surface area contributed by atoms with Gasteiger partial charge in [-0.05, 0) is 17.5 Å². The maximum absolute atomic E-state index is 12.7. The molecule has 1 heterocycles. The summed E-state index contributed by atoms with van der Waals surface area (Å²) in [5.41, 5.74) is 0.744. The first-order valence-electron chi connectivity index (χ1n) is 3.52. The summed E-state index contributed by atoms with van der Waals surface area (Å²) in [5.74, 6) is -0.164. The number of alkyl halides is 1. The monoisotopic (exact) mass is 251 g/mol. The van der Waals surface area contributed by atoms with Crippen LogP contribution in [0.1, 0.15) is 18.4 Å². The summed E-state index contributed by atoms with van der Waals surface area (Å²) in [6.45, 7) is 1.96. The van der Waals surface area contributed by atoms with Gasteiger partial charge in [-0.25, -0.2) is 9.37 Å². The molecule has 1 aromatic heterocycles. The standard InChI is InChI=1S/C8H8BrClFN/c1-5(3-9)7-2-6(11)4-12-8(7)10/h2,4-5H,3H2,1H3. The van der Waals surface area contributed by atoms with Gasteiger partial charge in [0.25, 0.3) is 0 Å². The van der Waals surface area contributed by atoms with Crippen molar-refractivity contribution < 1.29 is 4.39 Å². The van der Waals surface area contributed by atoms with Crippen LogP contribution in [0.4, 0.5) is 4.39 Å². The van der Waals surface area contributed by atoms with Gasteiger partial charge in [0, 0.05) is 5.33 Å². The summed E-state index contributed by atoms with van der Waals surface area (Å²) < 4.78 is 12.7. The first kappa shape index (κ1) is 9.93. The minimum absolute atomic E-state index is 0.181. The number of pyridine rings is 1. The zero-order chi connectivity index (χ0) is 9.14. The Hall–Kier alpha value is -0.150. The Balaban J connectivity index is 3.04. The van der Waals surface area contributed by atoms with Crippen LogP contribution in [0.5, 0.6) is 0 Å². The normalized spacial score (nSPS) is 13.0. The number of nitrogens with zero attached hydrogens (tertiary/aromatic N) is 1. The van der Waals surface area contributed by atoms with E-state index in [-0.39, 0.29) is 11.7 Å². The van der Waals surface area contributed by atoms with E-state index in [4.69, 9.17) is 11.6 Å². The lowest BCUT2D eigenvalue weighted by atomic mass is 10.1. The summed E-state index contributed by atoms with van der Waals surface area (Å²) >= 11 is 9.07. The molecule has 0 amide bonds. The van der Waals surface area contributed by atoms with E-state index in [0.717, 1.165) is 17.1 Å². The zero-order valence-corrected chi connectivity index (χ0v) is 8.86. The SMILES string of the molecule is CC(CBr)c1cc(F)cnc1Cl. The molecule has 0 fully saturated rings. The molecule has 0 spiro atoms. The van der Waals surface area contributed by atoms with Crippen molar-refractivity contribution in [3.05, 3.63) is 28.8 Å². The van der Waals surface area contributed by atoms with Crippen LogP contribution in [0, 0.1) is 5.82 Å². The minimum atomic E-state index is -0.345. The quantitative estimate of drug-likeness (QED) is 0.581. The summed E-state index contributed by atoms with van der Waals surface area (Å²) in [6, 6.07) is 1.42. The predicted octanol–water partition coefficient (Wildman–Crippen LogP) is 3.37. The van der Waals surface area contributed by atoms with Gasteiger partial charge in [-0.3, -0.25) is 0 Å². The summed E-state index contributed by atoms with van der Waals surface area (Å²) in [7, 11) is 0. The summed E-state index contributed by atoms with van der Waals surface area (Å²) in [5, 5.41) is 1.13. The van der Waals surface area contributed by atoms with Crippen LogP contribution in [0.25, 0.3) is 0 Å². The van der Waals surface area contributed by atoms with E-state index in [1.165, 1.54) is 6.07 Å². The second-order valence-corrected chi connectivity index (χ2v) is 3.59. The van der Waals surface area contributed by atoms with E-state index in [9.17, 15) is 4.39 Å². The zero-order valence-electron chi connectivity index (χ0n) is 6.52. The maximum Gasteiger partial charge on any atom is 0.141 e. The molecule has 0 radical (unpaired) electrons. The van der Waals surface area contributed by atoms with Crippen LogP contribution < -0.4 is 0 Å². The highest BCUT2D eigenvalue weighted by molar-refractivity contribution is 9.09. The van der Waals surface area contributed by atoms with E-state index in [0.29, 0.717) is 5.15 Å². The van der Waals surface area contributed by atoms with Crippen molar-refractivity contribution in [2.45, 2.75) is 12.8 Å². The van der Waals surface area contributed by atoms with Crippen LogP contribution in [-0.2, 0) is 0 Å². The Morgan fingerprint density at radius 3 is 3.00 bits per heavy atom. The molecule has 1 nitrogen and oxygen atoms in total. The first-order chi connectivity index (χ1) is 5.65. The Morgan fingerprint density at radius 1 is 1.75 bits per heavy atom. The van der Waals surface area contributed by atoms with Gasteiger partial charge < -0.3 is 0 Å². The molecule has 0 aliphatic heterocycles. The first-order valence-corrected chi connectivity index (χ1v) is 5.02. The fourth-order valence-electron chi connectivity index (χ4n) is 0.867. The lowest BCUT2D eigenvalue weighted by Crippen LogP contribution is -1.98. The molecule has 66 valence electrons. The predicted molar refractivity (Wildman–Crippen MR) is 51.4 cm³/mol. The van der Waals surface area contributed by atoms with Gasteiger partial charge in [0.2, 0.25) is 0 Å². The van der Waals surface area contributed by atoms with E-state index < -0.39 is 0 Å². The number of halogens is 3. The minimum Gasteiger partial charge on any atom is -0.241 e. The van der Waals surface area contributed by atoms with Crippen molar-refractivity contribution in [2.75, 3.05) is 5.33 Å². The highest BCUT2D eigenvalue weighted by atomic mass is 79.9. The van der Waals surface area contributed by atoms with Gasteiger partial charge in [0.1, 0.15) is 11.0 Å². The Morgan fingerprint density at radius 2 is 2.42 bits per heavy atom. The second-order valence-electron chi connectivity index (χ2n) is 2.59. The number of hydrogen-bond donors (Lipinski definition) is 0. The van der Waals surface area contributed by atoms with Gasteiger partial charge >= 0.3 is 0 Å². The molecule has 0 aliphatic rings. The fourth-order valence-corrected chi connectivity index (χ4v) is 1.51. The number of aromatic nitrogens is 1. The van der Waals surface area contributed by atoms with Crippen LogP contribution >= 0.6 is 27.5 Å². The van der Waals surface area contributed by atoms with Crippen molar-refractivity contribution in [1.29, 1.82) is 0 Å². The van der Waals surface area contributed by atoms with E-state index in [2.05, 4.69) is 20.9 Å². The highest BCUT2D eigenvalue weighted by Crippen LogP contribution is 2.24. The molecule has 1 aromatic rings. The molecule has 0 aliphatic carbocycles. The van der Waals surface area contributed by atoms with Crippen molar-refractivity contribution in [3.63, 3.8) is 0 Å². The van der Waals surface area contributed by atoms with Gasteiger partial charge in [-0.15, -0.1) is 0 Å². The average molecular weight is 253 g/mol. The van der Waals surface area contributed by atoms with E-state index in [1.807, 2.05) is 6.92 Å². The smallest absolute Gasteiger partial charge is 0.141 e. The van der Waals surface area contributed by atoms with Crippen molar-refractivity contribution in [2.24, 2.45) is 0 Å². The molecule has 4 heteroatoms. The van der Waals surface area contributed by atoms with Crippen LogP contribution in [0.3, 0.4) is 0 Å². The van der Waals surface area contributed by atoms with E-state index in [1.54, 1.807) is 0 Å². The third kappa shape index (κ3) is 2.17. The molecule has 1 atom stereocenters. The topological polar surface area (TPSA) is 12.9 Å². The molecule has 0 N–H and O–H groups in total. The molecule has 1 unspecified atom stereocenters. The van der Waals surface area contributed by atoms with Crippen LogP contribution in [0.2, 0.25) is 5.15 Å². The molecule has 12 heavy (non-hydrogen) atoms. The fraction of sp³-hybridized carbons (Fsp3) is 0.375. The Kier molecular flexibility index (Phi) is 3.47. The summed E-state index contributed by atoms with van der Waals surface area (Å²) in [6.07, 6.45) is 1.12. The largest absolute Gasteiger partial charge is 0.241 e. The average Bonchev–Trinajstić information content (AvgIpc) is 2.08. The van der Waals surface area contributed by atoms with Crippen LogP contribution in [-0.4, -0.2) is 10.3 Å². The third-order valence-corrected chi connectivity index (χ3v) is 2.88. The molecule has 0 saturated carbocycles. The van der Waals surface area contributed by atoms with Gasteiger partial charge in [0.15, 0.2) is 0 Å². The number of hydrogen-bond acceptors (Lipinski definition) is 1. The van der Waals surface area contributed by atoms with E-state index >= 15 is 0 Å². The van der Waals surface area contributed by atoms with Crippen molar-refractivity contribution in [3.8, 4) is 0 Å². The molecule has 0 aromatic carbocycles. The second kappa shape index (κ2) is 4.19. The highest BCUT2D eigenvalue weighted by Gasteiger charge is 2.10. The molecular weight excluding hydrogens is 244 g/mol. The van der Waals surface area contributed by atoms with Gasteiger partial charge in [-0.1, -0.05) is 34.5 Å². The lowest BCUT2D eigenvalue weighted by Gasteiger charge is -2.08. The Labute approximate surface area is 84.1 Å². The van der Waals surface area contributed by atoms with Gasteiger partial charge in [0.05, 0.1) is 6.20 Å². The summed E-state index contributed by atoms with van der Waals surface area (Å²) in [4.78, 5) is 3.72. The van der Waals surface area contributed by atoms with Crippen molar-refractivity contribution >= 4 is 27.5 Å². The maximum atomic E-state index is 12.7. The molecular formula is C8H8BrClFN. The lowest BCUT2D eigenvalue weighted by molar-refractivity contribution is 0.616. The van der Waals surface area contributed by atoms with Crippen LogP contribution in [0.15, 0.2) is 12.3 Å². The molecule has 0 saturated heterocycles. The number of rotatable bonds is 2. The molecule has 1 rings (SSSR count). The Bertz CT molecular complexity index is 280. The third-order valence-electron chi connectivity index (χ3n) is 1.60. The van der Waals surface area contributed by atoms with Gasteiger partial charge in [-0.2, -0.15) is 0 Å².